The minimum atomic E-state index is -1.65. The second kappa shape index (κ2) is 4.91. The third-order valence-corrected chi connectivity index (χ3v) is 2.88. The molecule has 0 saturated heterocycles. The Labute approximate surface area is 108 Å². The highest BCUT2D eigenvalue weighted by Crippen LogP contribution is 2.46. The molecule has 0 saturated carbocycles. The molecule has 0 bridgehead atoms. The van der Waals surface area contributed by atoms with E-state index in [-0.39, 0.29) is 34.4 Å². The minimum Gasteiger partial charge on any atom is -0.506 e. The predicted molar refractivity (Wildman–Crippen MR) is 61.1 cm³/mol. The molecule has 98 valence electrons. The van der Waals surface area contributed by atoms with Crippen molar-refractivity contribution in [1.82, 2.24) is 0 Å². The topological polar surface area (TPSA) is 85.2 Å². The van der Waals surface area contributed by atoms with Crippen LogP contribution in [0.4, 0.5) is 0 Å². The Bertz CT molecular complexity index is 487. The van der Waals surface area contributed by atoms with Crippen molar-refractivity contribution < 1.29 is 29.2 Å². The molecule has 1 unspecified atom stereocenters. The van der Waals surface area contributed by atoms with Gasteiger partial charge in [0.05, 0.1) is 17.7 Å². The van der Waals surface area contributed by atoms with Gasteiger partial charge in [0.15, 0.2) is 17.6 Å². The predicted octanol–water partition coefficient (Wildman–Crippen LogP) is 1.02. The number of rotatable bonds is 2. The molecule has 1 aliphatic rings. The van der Waals surface area contributed by atoms with Crippen molar-refractivity contribution in [3.63, 3.8) is 0 Å². The van der Waals surface area contributed by atoms with Gasteiger partial charge < -0.3 is 24.4 Å². The fourth-order valence-electron chi connectivity index (χ4n) is 1.65. The maximum absolute atomic E-state index is 11.4. The van der Waals surface area contributed by atoms with Gasteiger partial charge in [-0.15, -0.1) is 0 Å². The van der Waals surface area contributed by atoms with Gasteiger partial charge >= 0.3 is 5.97 Å². The first-order valence-corrected chi connectivity index (χ1v) is 5.51. The lowest BCUT2D eigenvalue weighted by Crippen LogP contribution is -2.20. The number of fused-ring (bicyclic) bond motifs is 1. The number of carbonyl (C=O) groups excluding carboxylic acids is 1. The summed E-state index contributed by atoms with van der Waals surface area (Å²) in [4.78, 5) is 11.4. The van der Waals surface area contributed by atoms with Gasteiger partial charge in [-0.3, -0.25) is 0 Å². The van der Waals surface area contributed by atoms with E-state index in [0.717, 1.165) is 7.11 Å². The lowest BCUT2D eigenvalue weighted by Gasteiger charge is -2.23. The summed E-state index contributed by atoms with van der Waals surface area (Å²) in [7, 11) is 1.13. The first-order valence-electron chi connectivity index (χ1n) is 5.13. The molecule has 1 atom stereocenters. The number of esters is 1. The molecule has 18 heavy (non-hydrogen) atoms. The molecular weight excluding hydrogens is 264 g/mol. The van der Waals surface area contributed by atoms with Crippen LogP contribution < -0.4 is 9.47 Å². The van der Waals surface area contributed by atoms with Crippen LogP contribution in [0.1, 0.15) is 11.7 Å². The summed E-state index contributed by atoms with van der Waals surface area (Å²) in [6, 6.07) is 1.27. The third kappa shape index (κ3) is 2.04. The molecule has 0 spiro atoms. The molecule has 1 aromatic carbocycles. The number of hydrogen-bond acceptors (Lipinski definition) is 6. The summed E-state index contributed by atoms with van der Waals surface area (Å²) in [6.07, 6.45) is -1.65. The maximum atomic E-state index is 11.4. The van der Waals surface area contributed by atoms with Gasteiger partial charge in [-0.25, -0.2) is 4.79 Å². The number of phenols is 1. The van der Waals surface area contributed by atoms with Crippen LogP contribution in [-0.4, -0.2) is 36.5 Å². The zero-order valence-corrected chi connectivity index (χ0v) is 10.2. The largest absolute Gasteiger partial charge is 0.506 e. The van der Waals surface area contributed by atoms with Crippen molar-refractivity contribution in [2.24, 2.45) is 0 Å². The van der Waals surface area contributed by atoms with E-state index >= 15 is 0 Å². The summed E-state index contributed by atoms with van der Waals surface area (Å²) < 4.78 is 15.0. The van der Waals surface area contributed by atoms with Crippen LogP contribution >= 0.6 is 11.6 Å². The average Bonchev–Trinajstić information content (AvgIpc) is 2.38. The number of aliphatic hydroxyl groups excluding tert-OH is 1. The molecule has 1 heterocycles. The number of ether oxygens (including phenoxy) is 3. The van der Waals surface area contributed by atoms with Crippen molar-refractivity contribution in [2.45, 2.75) is 6.10 Å². The van der Waals surface area contributed by atoms with Crippen LogP contribution in [0.5, 0.6) is 17.2 Å². The molecule has 0 radical (unpaired) electrons. The number of methoxy groups -OCH3 is 1. The molecular formula is C11H11ClO6. The summed E-state index contributed by atoms with van der Waals surface area (Å²) in [6.45, 7) is 0.566. The molecule has 0 aliphatic carbocycles. The Kier molecular flexibility index (Phi) is 3.49. The van der Waals surface area contributed by atoms with Crippen molar-refractivity contribution in [3.8, 4) is 17.2 Å². The first-order chi connectivity index (χ1) is 8.56. The van der Waals surface area contributed by atoms with E-state index in [9.17, 15) is 15.0 Å². The number of benzene rings is 1. The number of aromatic hydroxyl groups is 1. The van der Waals surface area contributed by atoms with Crippen LogP contribution in [0.2, 0.25) is 5.02 Å². The highest BCUT2D eigenvalue weighted by molar-refractivity contribution is 6.33. The first kappa shape index (κ1) is 12.8. The van der Waals surface area contributed by atoms with Crippen LogP contribution in [0.25, 0.3) is 0 Å². The summed E-state index contributed by atoms with van der Waals surface area (Å²) in [5, 5.41) is 19.3. The smallest absolute Gasteiger partial charge is 0.339 e. The average molecular weight is 275 g/mol. The Morgan fingerprint density at radius 3 is 2.83 bits per heavy atom. The van der Waals surface area contributed by atoms with E-state index in [1.54, 1.807) is 0 Å². The van der Waals surface area contributed by atoms with Crippen LogP contribution in [0, 0.1) is 0 Å². The van der Waals surface area contributed by atoms with Crippen molar-refractivity contribution in [3.05, 3.63) is 16.7 Å². The van der Waals surface area contributed by atoms with Crippen molar-refractivity contribution in [2.75, 3.05) is 20.3 Å². The van der Waals surface area contributed by atoms with Crippen LogP contribution in [0.15, 0.2) is 6.07 Å². The van der Waals surface area contributed by atoms with Gasteiger partial charge in [-0.1, -0.05) is 11.6 Å². The van der Waals surface area contributed by atoms with E-state index in [1.165, 1.54) is 6.07 Å². The fraction of sp³-hybridized carbons (Fsp3) is 0.364. The normalized spacial score (nSPS) is 15.1. The lowest BCUT2D eigenvalue weighted by atomic mass is 10.1. The molecule has 0 aromatic heterocycles. The molecule has 0 fully saturated rings. The number of aliphatic hydroxyl groups is 1. The fourth-order valence-corrected chi connectivity index (χ4v) is 1.89. The van der Waals surface area contributed by atoms with E-state index in [2.05, 4.69) is 4.74 Å². The van der Waals surface area contributed by atoms with E-state index in [0.29, 0.717) is 6.61 Å². The van der Waals surface area contributed by atoms with E-state index in [1.807, 2.05) is 0 Å². The third-order valence-electron chi connectivity index (χ3n) is 2.48. The monoisotopic (exact) mass is 274 g/mol. The molecule has 0 amide bonds. The standard InChI is InChI=1S/C11H11ClO6/c1-16-11(15)9(14)7-8(12)5(13)4-6-10(7)18-3-2-17-6/h4,9,13-14H,2-3H2,1H3. The Morgan fingerprint density at radius 1 is 1.50 bits per heavy atom. The minimum absolute atomic E-state index is 0.0572. The van der Waals surface area contributed by atoms with Gasteiger partial charge in [0.25, 0.3) is 0 Å². The summed E-state index contributed by atoms with van der Waals surface area (Å²) >= 11 is 5.87. The number of halogens is 1. The second-order valence-electron chi connectivity index (χ2n) is 3.57. The molecule has 2 N–H and O–H groups in total. The van der Waals surface area contributed by atoms with Crippen LogP contribution in [-0.2, 0) is 9.53 Å². The van der Waals surface area contributed by atoms with Gasteiger partial charge in [-0.05, 0) is 0 Å². The maximum Gasteiger partial charge on any atom is 0.339 e. The molecule has 1 aromatic rings. The van der Waals surface area contributed by atoms with Gasteiger partial charge in [0.2, 0.25) is 0 Å². The highest BCUT2D eigenvalue weighted by Gasteiger charge is 2.31. The SMILES string of the molecule is COC(=O)C(O)c1c(Cl)c(O)cc2c1OCCO2. The van der Waals surface area contributed by atoms with Gasteiger partial charge in [-0.2, -0.15) is 0 Å². The summed E-state index contributed by atoms with van der Waals surface area (Å²) in [5.74, 6) is -0.846. The zero-order valence-electron chi connectivity index (χ0n) is 9.47. The Morgan fingerprint density at radius 2 is 2.17 bits per heavy atom. The van der Waals surface area contributed by atoms with Crippen LogP contribution in [0.3, 0.4) is 0 Å². The molecule has 7 heteroatoms. The summed E-state index contributed by atoms with van der Waals surface area (Å²) in [5.41, 5.74) is -0.0572. The molecule has 1 aliphatic heterocycles. The molecule has 2 rings (SSSR count). The van der Waals surface area contributed by atoms with E-state index in [4.69, 9.17) is 21.1 Å². The van der Waals surface area contributed by atoms with E-state index < -0.39 is 12.1 Å². The molecule has 6 nitrogen and oxygen atoms in total. The van der Waals surface area contributed by atoms with Crippen molar-refractivity contribution in [1.29, 1.82) is 0 Å². The Hall–Kier alpha value is -1.66. The highest BCUT2D eigenvalue weighted by atomic mass is 35.5. The van der Waals surface area contributed by atoms with Gasteiger partial charge in [0, 0.05) is 6.07 Å². The van der Waals surface area contributed by atoms with Gasteiger partial charge in [0.1, 0.15) is 19.0 Å². The quantitative estimate of drug-likeness (QED) is 0.783. The number of carbonyl (C=O) groups is 1. The second-order valence-corrected chi connectivity index (χ2v) is 3.95. The Balaban J connectivity index is 2.56. The number of hydrogen-bond donors (Lipinski definition) is 2. The van der Waals surface area contributed by atoms with Crippen molar-refractivity contribution >= 4 is 17.6 Å². The lowest BCUT2D eigenvalue weighted by molar-refractivity contribution is -0.150. The zero-order chi connectivity index (χ0) is 13.3. The number of phenolic OH excluding ortho intramolecular Hbond substituents is 1.